The van der Waals surface area contributed by atoms with E-state index in [1.165, 1.54) is 0 Å². The fourth-order valence-corrected chi connectivity index (χ4v) is 2.28. The van der Waals surface area contributed by atoms with Crippen LogP contribution in [0.4, 0.5) is 0 Å². The summed E-state index contributed by atoms with van der Waals surface area (Å²) in [6, 6.07) is 17.1. The lowest BCUT2D eigenvalue weighted by Crippen LogP contribution is -2.06. The lowest BCUT2D eigenvalue weighted by Gasteiger charge is -2.09. The van der Waals surface area contributed by atoms with Crippen molar-refractivity contribution in [2.24, 2.45) is 4.99 Å². The molecule has 0 heterocycles. The van der Waals surface area contributed by atoms with Crippen LogP contribution in [-0.2, 0) is 0 Å². The van der Waals surface area contributed by atoms with E-state index in [1.54, 1.807) is 24.3 Å². The van der Waals surface area contributed by atoms with Gasteiger partial charge >= 0.3 is 0 Å². The Labute approximate surface area is 130 Å². The molecule has 2 nitrogen and oxygen atoms in total. The van der Waals surface area contributed by atoms with Gasteiger partial charge in [0.05, 0.1) is 6.04 Å². The number of hydrogen-bond acceptors (Lipinski definition) is 2. The minimum atomic E-state index is 0.0595. The maximum Gasteiger partial charge on any atom is 0.168 e. The van der Waals surface area contributed by atoms with Gasteiger partial charge in [-0.1, -0.05) is 41.9 Å². The predicted molar refractivity (Wildman–Crippen MR) is 88.4 cm³/mol. The van der Waals surface area contributed by atoms with Crippen molar-refractivity contribution in [3.63, 3.8) is 0 Å². The van der Waals surface area contributed by atoms with Crippen molar-refractivity contribution in [3.05, 3.63) is 70.7 Å². The van der Waals surface area contributed by atoms with E-state index in [9.17, 15) is 4.79 Å². The number of carbonyl (C=O) groups excluding carboxylic acids is 1. The molecule has 0 unspecified atom stereocenters. The molecule has 0 saturated carbocycles. The van der Waals surface area contributed by atoms with Crippen LogP contribution in [0.1, 0.15) is 42.2 Å². The van der Waals surface area contributed by atoms with E-state index in [0.29, 0.717) is 17.0 Å². The van der Waals surface area contributed by atoms with Gasteiger partial charge in [0.15, 0.2) is 5.78 Å². The first-order valence-electron chi connectivity index (χ1n) is 6.93. The molecular formula is C18H18ClNO. The van der Waals surface area contributed by atoms with E-state index >= 15 is 0 Å². The summed E-state index contributed by atoms with van der Waals surface area (Å²) in [6.45, 7) is 3.93. The lowest BCUT2D eigenvalue weighted by atomic mass is 10.1. The molecule has 0 aliphatic carbocycles. The highest BCUT2D eigenvalue weighted by atomic mass is 35.5. The number of rotatable bonds is 5. The summed E-state index contributed by atoms with van der Waals surface area (Å²) >= 11 is 5.82. The van der Waals surface area contributed by atoms with Gasteiger partial charge in [-0.2, -0.15) is 0 Å². The molecule has 0 fully saturated rings. The maximum atomic E-state index is 12.2. The average Bonchev–Trinajstić information content (AvgIpc) is 2.48. The molecule has 21 heavy (non-hydrogen) atoms. The number of aliphatic imine (C=N–C) groups is 1. The Morgan fingerprint density at radius 2 is 1.71 bits per heavy atom. The Morgan fingerprint density at radius 3 is 2.33 bits per heavy atom. The van der Waals surface area contributed by atoms with E-state index in [0.717, 1.165) is 11.3 Å². The van der Waals surface area contributed by atoms with Crippen LogP contribution in [-0.4, -0.2) is 11.5 Å². The van der Waals surface area contributed by atoms with Gasteiger partial charge in [0.1, 0.15) is 0 Å². The molecule has 108 valence electrons. The topological polar surface area (TPSA) is 29.4 Å². The minimum absolute atomic E-state index is 0.0595. The van der Waals surface area contributed by atoms with E-state index in [-0.39, 0.29) is 11.8 Å². The van der Waals surface area contributed by atoms with Crippen LogP contribution in [0.25, 0.3) is 0 Å². The largest absolute Gasteiger partial charge is 0.294 e. The van der Waals surface area contributed by atoms with Crippen LogP contribution >= 0.6 is 11.6 Å². The second-order valence-electron chi connectivity index (χ2n) is 5.06. The summed E-state index contributed by atoms with van der Waals surface area (Å²) in [4.78, 5) is 16.8. The third kappa shape index (κ3) is 4.54. The van der Waals surface area contributed by atoms with Gasteiger partial charge in [-0.15, -0.1) is 0 Å². The zero-order chi connectivity index (χ0) is 15.2. The van der Waals surface area contributed by atoms with Crippen LogP contribution < -0.4 is 0 Å². The number of carbonyl (C=O) groups is 1. The third-order valence-electron chi connectivity index (χ3n) is 3.28. The Kier molecular flexibility index (Phi) is 5.29. The van der Waals surface area contributed by atoms with E-state index in [2.05, 4.69) is 4.99 Å². The van der Waals surface area contributed by atoms with Crippen LogP contribution in [0.5, 0.6) is 0 Å². The van der Waals surface area contributed by atoms with Gasteiger partial charge in [0, 0.05) is 22.7 Å². The Hall–Kier alpha value is -1.93. The van der Waals surface area contributed by atoms with Crippen molar-refractivity contribution in [3.8, 4) is 0 Å². The standard InChI is InChI=1S/C18H18ClNO/c1-13(20-14(2)15-6-4-3-5-7-15)12-18(21)16-8-10-17(19)11-9-16/h3-11,14H,12H2,1-2H3/t14-/m1/s1. The number of benzene rings is 2. The van der Waals surface area contributed by atoms with Gasteiger partial charge < -0.3 is 0 Å². The number of Topliss-reactive ketones (excluding diaryl/α,β-unsaturated/α-hetero) is 1. The minimum Gasteiger partial charge on any atom is -0.294 e. The number of halogens is 1. The van der Waals surface area contributed by atoms with Crippen molar-refractivity contribution in [2.75, 3.05) is 0 Å². The average molecular weight is 300 g/mol. The molecule has 0 spiro atoms. The molecule has 0 radical (unpaired) electrons. The van der Waals surface area contributed by atoms with Gasteiger partial charge in [-0.25, -0.2) is 0 Å². The molecule has 0 saturated heterocycles. The third-order valence-corrected chi connectivity index (χ3v) is 3.53. The number of ketones is 1. The normalized spacial score (nSPS) is 13.0. The quantitative estimate of drug-likeness (QED) is 0.555. The smallest absolute Gasteiger partial charge is 0.168 e. The lowest BCUT2D eigenvalue weighted by molar-refractivity contribution is 0.100. The molecule has 1 atom stereocenters. The highest BCUT2D eigenvalue weighted by Crippen LogP contribution is 2.17. The summed E-state index contributed by atoms with van der Waals surface area (Å²) < 4.78 is 0. The first-order valence-corrected chi connectivity index (χ1v) is 7.31. The molecule has 0 aromatic heterocycles. The van der Waals surface area contributed by atoms with E-state index < -0.39 is 0 Å². The highest BCUT2D eigenvalue weighted by molar-refractivity contribution is 6.30. The van der Waals surface area contributed by atoms with Gasteiger partial charge in [0.25, 0.3) is 0 Å². The van der Waals surface area contributed by atoms with Gasteiger partial charge in [-0.05, 0) is 43.7 Å². The SMILES string of the molecule is CC(CC(=O)c1ccc(Cl)cc1)=N[C@H](C)c1ccccc1. The van der Waals surface area contributed by atoms with E-state index in [4.69, 9.17) is 11.6 Å². The summed E-state index contributed by atoms with van der Waals surface area (Å²) in [5.41, 5.74) is 2.66. The second-order valence-corrected chi connectivity index (χ2v) is 5.49. The summed E-state index contributed by atoms with van der Waals surface area (Å²) in [6.07, 6.45) is 0.332. The van der Waals surface area contributed by atoms with Gasteiger partial charge in [0.2, 0.25) is 0 Å². The molecule has 0 N–H and O–H groups in total. The molecule has 2 aromatic carbocycles. The van der Waals surface area contributed by atoms with E-state index in [1.807, 2.05) is 44.2 Å². The van der Waals surface area contributed by atoms with Crippen molar-refractivity contribution < 1.29 is 4.79 Å². The molecule has 3 heteroatoms. The highest BCUT2D eigenvalue weighted by Gasteiger charge is 2.09. The summed E-state index contributed by atoms with van der Waals surface area (Å²) in [5.74, 6) is 0.0631. The molecule has 0 bridgehead atoms. The van der Waals surface area contributed by atoms with Crippen LogP contribution in [0.15, 0.2) is 59.6 Å². The van der Waals surface area contributed by atoms with Crippen LogP contribution in [0.2, 0.25) is 5.02 Å². The number of hydrogen-bond donors (Lipinski definition) is 0. The fraction of sp³-hybridized carbons (Fsp3) is 0.222. The van der Waals surface area contributed by atoms with Crippen molar-refractivity contribution in [1.82, 2.24) is 0 Å². The number of nitrogens with zero attached hydrogens (tertiary/aromatic N) is 1. The Balaban J connectivity index is 2.03. The predicted octanol–water partition coefficient (Wildman–Crippen LogP) is 5.13. The van der Waals surface area contributed by atoms with Crippen molar-refractivity contribution in [1.29, 1.82) is 0 Å². The fourth-order valence-electron chi connectivity index (χ4n) is 2.15. The Morgan fingerprint density at radius 1 is 1.10 bits per heavy atom. The summed E-state index contributed by atoms with van der Waals surface area (Å²) in [5, 5.41) is 0.634. The maximum absolute atomic E-state index is 12.2. The van der Waals surface area contributed by atoms with Crippen LogP contribution in [0, 0.1) is 0 Å². The molecular weight excluding hydrogens is 282 g/mol. The Bertz CT molecular complexity index is 632. The first kappa shape index (κ1) is 15.5. The first-order chi connectivity index (χ1) is 10.1. The van der Waals surface area contributed by atoms with Crippen molar-refractivity contribution in [2.45, 2.75) is 26.3 Å². The van der Waals surface area contributed by atoms with Gasteiger partial charge in [-0.3, -0.25) is 9.79 Å². The second kappa shape index (κ2) is 7.19. The summed E-state index contributed by atoms with van der Waals surface area (Å²) in [7, 11) is 0. The molecule has 0 amide bonds. The zero-order valence-corrected chi connectivity index (χ0v) is 13.0. The monoisotopic (exact) mass is 299 g/mol. The van der Waals surface area contributed by atoms with Crippen molar-refractivity contribution >= 4 is 23.1 Å². The zero-order valence-electron chi connectivity index (χ0n) is 12.2. The van der Waals surface area contributed by atoms with Crippen LogP contribution in [0.3, 0.4) is 0 Å². The molecule has 0 aliphatic heterocycles. The molecule has 2 rings (SSSR count). The molecule has 2 aromatic rings. The molecule has 0 aliphatic rings.